The second-order valence-corrected chi connectivity index (χ2v) is 3.97. The first-order chi connectivity index (χ1) is 4.83. The maximum atomic E-state index is 9.89. The van der Waals surface area contributed by atoms with E-state index in [0.717, 1.165) is 15.6 Å². The van der Waals surface area contributed by atoms with Gasteiger partial charge in [0.15, 0.2) is 0 Å². The van der Waals surface area contributed by atoms with Gasteiger partial charge in [0.05, 0.1) is 3.79 Å². The Hall–Kier alpha value is -0.410. The van der Waals surface area contributed by atoms with E-state index in [1.807, 2.05) is 11.4 Å². The minimum atomic E-state index is 0.769. The van der Waals surface area contributed by atoms with Crippen LogP contribution in [0.25, 0.3) is 6.08 Å². The molecule has 0 amide bonds. The third kappa shape index (κ3) is 2.08. The lowest BCUT2D eigenvalue weighted by Crippen LogP contribution is -1.60. The van der Waals surface area contributed by atoms with Crippen LogP contribution >= 0.6 is 27.3 Å². The number of carbonyl (C=O) groups is 1. The van der Waals surface area contributed by atoms with Gasteiger partial charge in [-0.05, 0) is 39.0 Å². The van der Waals surface area contributed by atoms with E-state index in [9.17, 15) is 4.79 Å². The Kier molecular flexibility index (Phi) is 2.83. The number of thiophene rings is 1. The van der Waals surface area contributed by atoms with Crippen LogP contribution < -0.4 is 0 Å². The van der Waals surface area contributed by atoms with Gasteiger partial charge in [0.1, 0.15) is 6.29 Å². The van der Waals surface area contributed by atoms with Gasteiger partial charge in [-0.2, -0.15) is 0 Å². The van der Waals surface area contributed by atoms with Gasteiger partial charge < -0.3 is 0 Å². The molecule has 0 aromatic carbocycles. The van der Waals surface area contributed by atoms with Crippen molar-refractivity contribution in [2.45, 2.75) is 0 Å². The van der Waals surface area contributed by atoms with Gasteiger partial charge in [0.25, 0.3) is 0 Å². The summed E-state index contributed by atoms with van der Waals surface area (Å²) in [5.74, 6) is 0. The van der Waals surface area contributed by atoms with Crippen LogP contribution in [-0.4, -0.2) is 6.29 Å². The van der Waals surface area contributed by atoms with E-state index in [-0.39, 0.29) is 0 Å². The summed E-state index contributed by atoms with van der Waals surface area (Å²) in [6.07, 6.45) is 4.02. The van der Waals surface area contributed by atoms with E-state index in [2.05, 4.69) is 15.9 Å². The highest BCUT2D eigenvalue weighted by molar-refractivity contribution is 9.11. The minimum absolute atomic E-state index is 0.769. The van der Waals surface area contributed by atoms with Crippen molar-refractivity contribution in [3.8, 4) is 0 Å². The quantitative estimate of drug-likeness (QED) is 0.549. The van der Waals surface area contributed by atoms with E-state index in [0.29, 0.717) is 0 Å². The molecule has 3 heteroatoms. The molecule has 0 fully saturated rings. The van der Waals surface area contributed by atoms with Crippen molar-refractivity contribution in [2.75, 3.05) is 0 Å². The Morgan fingerprint density at radius 1 is 1.60 bits per heavy atom. The fourth-order valence-corrected chi connectivity index (χ4v) is 1.71. The Morgan fingerprint density at radius 3 is 2.90 bits per heavy atom. The third-order valence-corrected chi connectivity index (χ3v) is 2.48. The molecule has 1 heterocycles. The standard InChI is InChI=1S/C7H5BrOS/c8-7-4-6(5-10-7)2-1-3-9/h1-5H/b2-1+. The second kappa shape index (κ2) is 3.68. The fourth-order valence-electron chi connectivity index (χ4n) is 0.561. The summed E-state index contributed by atoms with van der Waals surface area (Å²) in [5, 5.41) is 1.98. The van der Waals surface area contributed by atoms with Crippen LogP contribution in [0.3, 0.4) is 0 Å². The van der Waals surface area contributed by atoms with Crippen molar-refractivity contribution in [1.29, 1.82) is 0 Å². The van der Waals surface area contributed by atoms with Crippen LogP contribution in [0.1, 0.15) is 5.56 Å². The van der Waals surface area contributed by atoms with Gasteiger partial charge in [0.2, 0.25) is 0 Å². The SMILES string of the molecule is O=C/C=C/c1csc(Br)c1. The Labute approximate surface area is 71.5 Å². The maximum absolute atomic E-state index is 9.89. The highest BCUT2D eigenvalue weighted by Crippen LogP contribution is 2.21. The average Bonchev–Trinajstić information content (AvgIpc) is 2.31. The smallest absolute Gasteiger partial charge is 0.142 e. The number of carbonyl (C=O) groups excluding carboxylic acids is 1. The molecule has 0 spiro atoms. The van der Waals surface area contributed by atoms with E-state index in [1.165, 1.54) is 6.08 Å². The largest absolute Gasteiger partial charge is 0.299 e. The molecule has 0 aliphatic heterocycles. The zero-order chi connectivity index (χ0) is 7.40. The normalized spacial score (nSPS) is 10.5. The molecule has 0 aliphatic carbocycles. The zero-order valence-corrected chi connectivity index (χ0v) is 7.48. The summed E-state index contributed by atoms with van der Waals surface area (Å²) in [5.41, 5.74) is 1.06. The molecule has 1 nitrogen and oxygen atoms in total. The predicted molar refractivity (Wildman–Crippen MR) is 47.1 cm³/mol. The van der Waals surface area contributed by atoms with Gasteiger partial charge in [-0.3, -0.25) is 4.79 Å². The first-order valence-corrected chi connectivity index (χ1v) is 4.36. The molecular weight excluding hydrogens is 212 g/mol. The lowest BCUT2D eigenvalue weighted by Gasteiger charge is -1.75. The molecular formula is C7H5BrOS. The number of hydrogen-bond acceptors (Lipinski definition) is 2. The number of aldehydes is 1. The first kappa shape index (κ1) is 7.69. The zero-order valence-electron chi connectivity index (χ0n) is 5.08. The molecule has 0 unspecified atom stereocenters. The number of rotatable bonds is 2. The molecule has 1 aromatic heterocycles. The predicted octanol–water partition coefficient (Wildman–Crippen LogP) is 2.72. The number of allylic oxidation sites excluding steroid dienone is 1. The van der Waals surface area contributed by atoms with Crippen LogP contribution in [0, 0.1) is 0 Å². The topological polar surface area (TPSA) is 17.1 Å². The Balaban J connectivity index is 2.75. The maximum Gasteiger partial charge on any atom is 0.142 e. The second-order valence-electron chi connectivity index (χ2n) is 1.68. The number of hydrogen-bond donors (Lipinski definition) is 0. The van der Waals surface area contributed by atoms with Crippen LogP contribution in [0.2, 0.25) is 0 Å². The van der Waals surface area contributed by atoms with Crippen molar-refractivity contribution < 1.29 is 4.79 Å². The summed E-state index contributed by atoms with van der Waals surface area (Å²) < 4.78 is 1.08. The van der Waals surface area contributed by atoms with E-state index in [4.69, 9.17) is 0 Å². The van der Waals surface area contributed by atoms with E-state index >= 15 is 0 Å². The molecule has 0 atom stereocenters. The van der Waals surface area contributed by atoms with Gasteiger partial charge in [-0.1, -0.05) is 6.08 Å². The minimum Gasteiger partial charge on any atom is -0.299 e. The van der Waals surface area contributed by atoms with Gasteiger partial charge in [0, 0.05) is 0 Å². The molecule has 0 bridgehead atoms. The molecule has 10 heavy (non-hydrogen) atoms. The Bertz CT molecular complexity index is 252. The van der Waals surface area contributed by atoms with Crippen molar-refractivity contribution in [3.63, 3.8) is 0 Å². The average molecular weight is 217 g/mol. The summed E-state index contributed by atoms with van der Waals surface area (Å²) in [6, 6.07) is 1.96. The van der Waals surface area contributed by atoms with Crippen LogP contribution in [0.5, 0.6) is 0 Å². The van der Waals surface area contributed by atoms with Crippen molar-refractivity contribution in [1.82, 2.24) is 0 Å². The first-order valence-electron chi connectivity index (χ1n) is 2.69. The highest BCUT2D eigenvalue weighted by Gasteiger charge is 1.90. The lowest BCUT2D eigenvalue weighted by molar-refractivity contribution is -0.104. The molecule has 52 valence electrons. The Morgan fingerprint density at radius 2 is 2.40 bits per heavy atom. The van der Waals surface area contributed by atoms with Gasteiger partial charge in [-0.25, -0.2) is 0 Å². The lowest BCUT2D eigenvalue weighted by atomic mass is 10.3. The van der Waals surface area contributed by atoms with Crippen molar-refractivity contribution in [3.05, 3.63) is 26.9 Å². The fraction of sp³-hybridized carbons (Fsp3) is 0. The molecule has 0 radical (unpaired) electrons. The summed E-state index contributed by atoms with van der Waals surface area (Å²) >= 11 is 4.92. The van der Waals surface area contributed by atoms with Crippen LogP contribution in [0.15, 0.2) is 21.3 Å². The van der Waals surface area contributed by atoms with E-state index in [1.54, 1.807) is 17.4 Å². The summed E-state index contributed by atoms with van der Waals surface area (Å²) in [6.45, 7) is 0. The molecule has 1 rings (SSSR count). The van der Waals surface area contributed by atoms with Gasteiger partial charge >= 0.3 is 0 Å². The van der Waals surface area contributed by atoms with Crippen LogP contribution in [-0.2, 0) is 4.79 Å². The van der Waals surface area contributed by atoms with Crippen molar-refractivity contribution in [2.24, 2.45) is 0 Å². The summed E-state index contributed by atoms with van der Waals surface area (Å²) in [7, 11) is 0. The summed E-state index contributed by atoms with van der Waals surface area (Å²) in [4.78, 5) is 9.89. The number of halogens is 1. The third-order valence-electron chi connectivity index (χ3n) is 0.955. The van der Waals surface area contributed by atoms with Gasteiger partial charge in [-0.15, -0.1) is 11.3 Å². The molecule has 0 N–H and O–H groups in total. The molecule has 0 saturated carbocycles. The molecule has 1 aromatic rings. The monoisotopic (exact) mass is 216 g/mol. The van der Waals surface area contributed by atoms with Crippen molar-refractivity contribution >= 4 is 39.6 Å². The molecule has 0 aliphatic rings. The highest BCUT2D eigenvalue weighted by atomic mass is 79.9. The van der Waals surface area contributed by atoms with Crippen LogP contribution in [0.4, 0.5) is 0 Å². The van der Waals surface area contributed by atoms with E-state index < -0.39 is 0 Å². The molecule has 0 saturated heterocycles.